The standard InChI is InChI=1S/C12H13F3N6/c1-7-3-2-4-8(18-7)6-17-9-5-10(21-16)20-11(19-9)12(13,14)15/h2-5H,6,16H2,1H3,(H2,17,19,20,21). The zero-order chi connectivity index (χ0) is 15.5. The summed E-state index contributed by atoms with van der Waals surface area (Å²) in [5.41, 5.74) is 3.58. The fraction of sp³-hybridized carbons (Fsp3) is 0.250. The van der Waals surface area contributed by atoms with Crippen LogP contribution in [0.1, 0.15) is 17.2 Å². The Morgan fingerprint density at radius 2 is 1.86 bits per heavy atom. The Hall–Kier alpha value is -2.42. The Bertz CT molecular complexity index is 629. The summed E-state index contributed by atoms with van der Waals surface area (Å²) >= 11 is 0. The van der Waals surface area contributed by atoms with E-state index in [1.165, 1.54) is 6.07 Å². The average molecular weight is 298 g/mol. The van der Waals surface area contributed by atoms with E-state index in [0.29, 0.717) is 5.69 Å². The molecule has 2 aromatic rings. The van der Waals surface area contributed by atoms with Crippen LogP contribution in [0.5, 0.6) is 0 Å². The monoisotopic (exact) mass is 298 g/mol. The molecule has 0 aromatic carbocycles. The van der Waals surface area contributed by atoms with Crippen LogP contribution in [0.2, 0.25) is 0 Å². The van der Waals surface area contributed by atoms with Gasteiger partial charge in [-0.05, 0) is 19.1 Å². The number of alkyl halides is 3. The van der Waals surface area contributed by atoms with Crippen LogP contribution in [0.15, 0.2) is 24.3 Å². The number of aromatic nitrogens is 3. The molecule has 0 radical (unpaired) electrons. The van der Waals surface area contributed by atoms with Crippen LogP contribution in [0, 0.1) is 6.92 Å². The molecule has 0 fully saturated rings. The first-order valence-electron chi connectivity index (χ1n) is 5.98. The van der Waals surface area contributed by atoms with Crippen LogP contribution < -0.4 is 16.6 Å². The summed E-state index contributed by atoms with van der Waals surface area (Å²) in [4.78, 5) is 10.9. The number of hydrogen-bond acceptors (Lipinski definition) is 6. The van der Waals surface area contributed by atoms with E-state index in [1.54, 1.807) is 6.07 Å². The Labute approximate surface area is 118 Å². The molecule has 2 aromatic heterocycles. The SMILES string of the molecule is Cc1cccc(CNc2cc(NN)nc(C(F)(F)F)n2)n1. The third kappa shape index (κ3) is 4.02. The second-order valence-electron chi connectivity index (χ2n) is 4.23. The number of hydrogen-bond donors (Lipinski definition) is 3. The topological polar surface area (TPSA) is 88.8 Å². The van der Waals surface area contributed by atoms with Crippen molar-refractivity contribution in [1.82, 2.24) is 15.0 Å². The summed E-state index contributed by atoms with van der Waals surface area (Å²) < 4.78 is 38.0. The van der Waals surface area contributed by atoms with Crippen molar-refractivity contribution in [3.05, 3.63) is 41.5 Å². The molecule has 2 rings (SSSR count). The summed E-state index contributed by atoms with van der Waals surface area (Å²) in [6.45, 7) is 2.06. The Balaban J connectivity index is 2.19. The van der Waals surface area contributed by atoms with Gasteiger partial charge in [0.2, 0.25) is 5.82 Å². The number of hydrazine groups is 1. The van der Waals surface area contributed by atoms with Gasteiger partial charge in [-0.15, -0.1) is 0 Å². The molecule has 0 aliphatic heterocycles. The summed E-state index contributed by atoms with van der Waals surface area (Å²) in [7, 11) is 0. The number of nitrogens with two attached hydrogens (primary N) is 1. The van der Waals surface area contributed by atoms with Crippen molar-refractivity contribution in [2.24, 2.45) is 5.84 Å². The quantitative estimate of drug-likeness (QED) is 0.591. The van der Waals surface area contributed by atoms with Gasteiger partial charge in [-0.25, -0.2) is 15.8 Å². The summed E-state index contributed by atoms with van der Waals surface area (Å²) in [6, 6.07) is 6.68. The molecular weight excluding hydrogens is 285 g/mol. The molecular formula is C12H13F3N6. The largest absolute Gasteiger partial charge is 0.451 e. The van der Waals surface area contributed by atoms with E-state index in [9.17, 15) is 13.2 Å². The number of nitrogens with one attached hydrogen (secondary N) is 2. The lowest BCUT2D eigenvalue weighted by Crippen LogP contribution is -2.17. The van der Waals surface area contributed by atoms with Crippen LogP contribution in [-0.4, -0.2) is 15.0 Å². The lowest BCUT2D eigenvalue weighted by atomic mass is 10.3. The number of rotatable bonds is 4. The molecule has 0 bridgehead atoms. The molecule has 2 heterocycles. The summed E-state index contributed by atoms with van der Waals surface area (Å²) in [5, 5.41) is 2.77. The van der Waals surface area contributed by atoms with E-state index in [1.807, 2.05) is 19.1 Å². The molecule has 0 saturated heterocycles. The fourth-order valence-corrected chi connectivity index (χ4v) is 1.62. The normalized spacial score (nSPS) is 11.3. The highest BCUT2D eigenvalue weighted by atomic mass is 19.4. The van der Waals surface area contributed by atoms with E-state index in [4.69, 9.17) is 5.84 Å². The van der Waals surface area contributed by atoms with Crippen LogP contribution in [0.25, 0.3) is 0 Å². The lowest BCUT2D eigenvalue weighted by Gasteiger charge is -2.11. The molecule has 0 saturated carbocycles. The van der Waals surface area contributed by atoms with Gasteiger partial charge in [-0.1, -0.05) is 6.07 Å². The molecule has 0 atom stereocenters. The van der Waals surface area contributed by atoms with Crippen molar-refractivity contribution in [2.45, 2.75) is 19.6 Å². The van der Waals surface area contributed by atoms with Gasteiger partial charge >= 0.3 is 6.18 Å². The van der Waals surface area contributed by atoms with Crippen molar-refractivity contribution in [1.29, 1.82) is 0 Å². The van der Waals surface area contributed by atoms with Gasteiger partial charge in [0.1, 0.15) is 11.6 Å². The van der Waals surface area contributed by atoms with Gasteiger partial charge in [-0.3, -0.25) is 4.98 Å². The number of pyridine rings is 1. The molecule has 0 spiro atoms. The highest BCUT2D eigenvalue weighted by Gasteiger charge is 2.35. The van der Waals surface area contributed by atoms with E-state index >= 15 is 0 Å². The predicted molar refractivity (Wildman–Crippen MR) is 71.1 cm³/mol. The van der Waals surface area contributed by atoms with E-state index in [2.05, 4.69) is 25.7 Å². The lowest BCUT2D eigenvalue weighted by molar-refractivity contribution is -0.144. The van der Waals surface area contributed by atoms with Crippen LogP contribution >= 0.6 is 0 Å². The minimum absolute atomic E-state index is 0.00795. The highest BCUT2D eigenvalue weighted by molar-refractivity contribution is 5.47. The maximum Gasteiger partial charge on any atom is 0.451 e. The van der Waals surface area contributed by atoms with Crippen molar-refractivity contribution >= 4 is 11.6 Å². The van der Waals surface area contributed by atoms with Crippen molar-refractivity contribution in [3.63, 3.8) is 0 Å². The summed E-state index contributed by atoms with van der Waals surface area (Å²) in [5.74, 6) is 3.72. The third-order valence-corrected chi connectivity index (χ3v) is 2.52. The average Bonchev–Trinajstić information content (AvgIpc) is 2.44. The minimum Gasteiger partial charge on any atom is -0.364 e. The molecule has 0 aliphatic rings. The predicted octanol–water partition coefficient (Wildman–Crippen LogP) is 2.10. The molecule has 0 amide bonds. The maximum absolute atomic E-state index is 12.7. The molecule has 0 aliphatic carbocycles. The zero-order valence-electron chi connectivity index (χ0n) is 11.1. The Kier molecular flexibility index (Phi) is 4.22. The first-order chi connectivity index (χ1) is 9.88. The van der Waals surface area contributed by atoms with Crippen molar-refractivity contribution in [3.8, 4) is 0 Å². The van der Waals surface area contributed by atoms with Gasteiger partial charge in [0, 0.05) is 11.8 Å². The Morgan fingerprint density at radius 3 is 2.48 bits per heavy atom. The first kappa shape index (κ1) is 15.0. The molecule has 21 heavy (non-hydrogen) atoms. The maximum atomic E-state index is 12.7. The van der Waals surface area contributed by atoms with Gasteiger partial charge in [0.05, 0.1) is 12.2 Å². The second kappa shape index (κ2) is 5.92. The number of halogens is 3. The number of aryl methyl sites for hydroxylation is 1. The fourth-order valence-electron chi connectivity index (χ4n) is 1.62. The van der Waals surface area contributed by atoms with Crippen LogP contribution in [0.3, 0.4) is 0 Å². The van der Waals surface area contributed by atoms with Crippen molar-refractivity contribution < 1.29 is 13.2 Å². The van der Waals surface area contributed by atoms with Gasteiger partial charge in [0.15, 0.2) is 0 Å². The second-order valence-corrected chi connectivity index (χ2v) is 4.23. The number of anilines is 2. The van der Waals surface area contributed by atoms with Gasteiger partial charge in [0.25, 0.3) is 0 Å². The number of nitrogen functional groups attached to an aromatic ring is 1. The van der Waals surface area contributed by atoms with Crippen LogP contribution in [-0.2, 0) is 12.7 Å². The summed E-state index contributed by atoms with van der Waals surface area (Å²) in [6.07, 6.45) is -4.65. The van der Waals surface area contributed by atoms with Crippen molar-refractivity contribution in [2.75, 3.05) is 10.7 Å². The molecule has 4 N–H and O–H groups in total. The van der Waals surface area contributed by atoms with E-state index < -0.39 is 12.0 Å². The first-order valence-corrected chi connectivity index (χ1v) is 5.98. The highest BCUT2D eigenvalue weighted by Crippen LogP contribution is 2.28. The van der Waals surface area contributed by atoms with Crippen LogP contribution in [0.4, 0.5) is 24.8 Å². The molecule has 9 heteroatoms. The third-order valence-electron chi connectivity index (χ3n) is 2.52. The number of nitrogens with zero attached hydrogens (tertiary/aromatic N) is 3. The Morgan fingerprint density at radius 1 is 1.14 bits per heavy atom. The molecule has 6 nitrogen and oxygen atoms in total. The van der Waals surface area contributed by atoms with Gasteiger partial charge in [-0.2, -0.15) is 13.2 Å². The minimum atomic E-state index is -4.65. The zero-order valence-corrected chi connectivity index (χ0v) is 11.1. The smallest absolute Gasteiger partial charge is 0.364 e. The van der Waals surface area contributed by atoms with Gasteiger partial charge < -0.3 is 10.7 Å². The van der Waals surface area contributed by atoms with E-state index in [-0.39, 0.29) is 18.2 Å². The molecule has 112 valence electrons. The molecule has 0 unspecified atom stereocenters. The van der Waals surface area contributed by atoms with E-state index in [0.717, 1.165) is 5.69 Å².